The van der Waals surface area contributed by atoms with Gasteiger partial charge in [-0.1, -0.05) is 24.3 Å². The Hall–Kier alpha value is -3.49. The highest BCUT2D eigenvalue weighted by Crippen LogP contribution is 2.25. The van der Waals surface area contributed by atoms with Crippen molar-refractivity contribution in [3.8, 4) is 23.0 Å². The summed E-state index contributed by atoms with van der Waals surface area (Å²) in [5, 5.41) is 3.17. The summed E-state index contributed by atoms with van der Waals surface area (Å²) in [6.07, 6.45) is -4.12. The number of nitrogens with two attached hydrogens (primary N) is 1. The zero-order valence-electron chi connectivity index (χ0n) is 15.5. The van der Waals surface area contributed by atoms with Crippen molar-refractivity contribution < 1.29 is 22.6 Å². The Morgan fingerprint density at radius 1 is 1.03 bits per heavy atom. The standard InChI is InChI=1S/C20H19F3N4O2/c1-28-19-26-17(14-3-2-4-15(24)11-14)12-18(27-19)25-10-9-13-5-7-16(8-6-13)29-20(21,22)23/h2-8,11-12H,9-10,24H2,1H3,(H,25,26,27). The molecule has 0 aliphatic rings. The first-order valence-electron chi connectivity index (χ1n) is 8.70. The molecule has 0 radical (unpaired) electrons. The van der Waals surface area contributed by atoms with E-state index in [1.54, 1.807) is 30.3 Å². The molecule has 0 bridgehead atoms. The number of halogens is 3. The lowest BCUT2D eigenvalue weighted by Crippen LogP contribution is -2.17. The lowest BCUT2D eigenvalue weighted by Gasteiger charge is -2.11. The molecule has 1 heterocycles. The molecule has 0 saturated heterocycles. The van der Waals surface area contributed by atoms with E-state index in [0.717, 1.165) is 11.1 Å². The van der Waals surface area contributed by atoms with Crippen LogP contribution in [0, 0.1) is 0 Å². The fraction of sp³-hybridized carbons (Fsp3) is 0.200. The van der Waals surface area contributed by atoms with Gasteiger partial charge in [-0.2, -0.15) is 9.97 Å². The summed E-state index contributed by atoms with van der Waals surface area (Å²) < 4.78 is 45.7. The lowest BCUT2D eigenvalue weighted by atomic mass is 10.1. The normalized spacial score (nSPS) is 11.2. The topological polar surface area (TPSA) is 82.3 Å². The molecule has 0 saturated carbocycles. The monoisotopic (exact) mass is 404 g/mol. The van der Waals surface area contributed by atoms with Crippen LogP contribution in [0.25, 0.3) is 11.3 Å². The molecule has 9 heteroatoms. The molecule has 0 aliphatic carbocycles. The molecule has 0 spiro atoms. The zero-order valence-corrected chi connectivity index (χ0v) is 15.5. The minimum Gasteiger partial charge on any atom is -0.467 e. The molecule has 3 rings (SSSR count). The summed E-state index contributed by atoms with van der Waals surface area (Å²) in [7, 11) is 1.48. The van der Waals surface area contributed by atoms with E-state index in [1.807, 2.05) is 12.1 Å². The molecule has 1 aromatic heterocycles. The third-order valence-electron chi connectivity index (χ3n) is 3.95. The van der Waals surface area contributed by atoms with Crippen molar-refractivity contribution in [1.29, 1.82) is 0 Å². The van der Waals surface area contributed by atoms with Crippen molar-refractivity contribution in [2.24, 2.45) is 0 Å². The SMILES string of the molecule is COc1nc(NCCc2ccc(OC(F)(F)F)cc2)cc(-c2cccc(N)c2)n1. The summed E-state index contributed by atoms with van der Waals surface area (Å²) in [5.74, 6) is 0.313. The first kappa shape index (κ1) is 20.2. The summed E-state index contributed by atoms with van der Waals surface area (Å²) in [6.45, 7) is 0.510. The van der Waals surface area contributed by atoms with E-state index >= 15 is 0 Å². The van der Waals surface area contributed by atoms with Gasteiger partial charge in [-0.15, -0.1) is 13.2 Å². The Kier molecular flexibility index (Phi) is 6.06. The van der Waals surface area contributed by atoms with Gasteiger partial charge in [0.05, 0.1) is 12.8 Å². The van der Waals surface area contributed by atoms with E-state index in [1.165, 1.54) is 19.2 Å². The van der Waals surface area contributed by atoms with E-state index in [0.29, 0.717) is 30.2 Å². The Balaban J connectivity index is 1.65. The van der Waals surface area contributed by atoms with Gasteiger partial charge in [0.1, 0.15) is 11.6 Å². The predicted molar refractivity (Wildman–Crippen MR) is 104 cm³/mol. The molecule has 3 N–H and O–H groups in total. The maximum absolute atomic E-state index is 12.2. The molecule has 0 amide bonds. The van der Waals surface area contributed by atoms with Crippen molar-refractivity contribution in [3.63, 3.8) is 0 Å². The molecule has 0 unspecified atom stereocenters. The van der Waals surface area contributed by atoms with Gasteiger partial charge in [0.25, 0.3) is 0 Å². The molecule has 0 fully saturated rings. The second-order valence-corrected chi connectivity index (χ2v) is 6.12. The first-order valence-corrected chi connectivity index (χ1v) is 8.70. The maximum atomic E-state index is 12.2. The summed E-state index contributed by atoms with van der Waals surface area (Å²) in [5.41, 5.74) is 8.78. The van der Waals surface area contributed by atoms with Crippen molar-refractivity contribution in [3.05, 3.63) is 60.2 Å². The average molecular weight is 404 g/mol. The van der Waals surface area contributed by atoms with Crippen LogP contribution in [0.2, 0.25) is 0 Å². The molecule has 29 heavy (non-hydrogen) atoms. The van der Waals surface area contributed by atoms with Crippen LogP contribution in [0.5, 0.6) is 11.8 Å². The summed E-state index contributed by atoms with van der Waals surface area (Å²) >= 11 is 0. The van der Waals surface area contributed by atoms with Gasteiger partial charge in [-0.3, -0.25) is 0 Å². The van der Waals surface area contributed by atoms with Gasteiger partial charge in [0, 0.05) is 23.9 Å². The lowest BCUT2D eigenvalue weighted by molar-refractivity contribution is -0.274. The van der Waals surface area contributed by atoms with Crippen LogP contribution >= 0.6 is 0 Å². The number of rotatable bonds is 7. The molecule has 3 aromatic rings. The molecule has 6 nitrogen and oxygen atoms in total. The molecular weight excluding hydrogens is 385 g/mol. The number of ether oxygens (including phenoxy) is 2. The van der Waals surface area contributed by atoms with Crippen LogP contribution in [0.1, 0.15) is 5.56 Å². The quantitative estimate of drug-likeness (QED) is 0.572. The largest absolute Gasteiger partial charge is 0.573 e. The smallest absolute Gasteiger partial charge is 0.467 e. The van der Waals surface area contributed by atoms with Gasteiger partial charge in [0.2, 0.25) is 0 Å². The first-order chi connectivity index (χ1) is 13.8. The van der Waals surface area contributed by atoms with Crippen molar-refractivity contribution >= 4 is 11.5 Å². The number of nitrogens with zero attached hydrogens (tertiary/aromatic N) is 2. The zero-order chi connectivity index (χ0) is 20.9. The number of alkyl halides is 3. The van der Waals surface area contributed by atoms with Crippen molar-refractivity contribution in [2.45, 2.75) is 12.8 Å². The third kappa shape index (κ3) is 6.00. The van der Waals surface area contributed by atoms with Gasteiger partial charge >= 0.3 is 12.4 Å². The second-order valence-electron chi connectivity index (χ2n) is 6.12. The van der Waals surface area contributed by atoms with Gasteiger partial charge in [-0.05, 0) is 36.2 Å². The number of benzene rings is 2. The maximum Gasteiger partial charge on any atom is 0.573 e. The van der Waals surface area contributed by atoms with E-state index in [4.69, 9.17) is 10.5 Å². The Labute approximate surface area is 165 Å². The van der Waals surface area contributed by atoms with Crippen LogP contribution in [0.4, 0.5) is 24.7 Å². The number of anilines is 2. The third-order valence-corrected chi connectivity index (χ3v) is 3.95. The molecular formula is C20H19F3N4O2. The van der Waals surface area contributed by atoms with Crippen LogP contribution in [0.15, 0.2) is 54.6 Å². The average Bonchev–Trinajstić information content (AvgIpc) is 2.68. The number of hydrogen-bond acceptors (Lipinski definition) is 6. The van der Waals surface area contributed by atoms with E-state index in [9.17, 15) is 13.2 Å². The number of hydrogen-bond donors (Lipinski definition) is 2. The molecule has 2 aromatic carbocycles. The van der Waals surface area contributed by atoms with Crippen molar-refractivity contribution in [2.75, 3.05) is 24.7 Å². The van der Waals surface area contributed by atoms with Gasteiger partial charge in [-0.25, -0.2) is 0 Å². The van der Waals surface area contributed by atoms with E-state index in [-0.39, 0.29) is 11.8 Å². The number of nitrogens with one attached hydrogen (secondary N) is 1. The Bertz CT molecular complexity index is 963. The van der Waals surface area contributed by atoms with Crippen molar-refractivity contribution in [1.82, 2.24) is 9.97 Å². The number of aromatic nitrogens is 2. The van der Waals surface area contributed by atoms with Crippen LogP contribution in [-0.2, 0) is 6.42 Å². The van der Waals surface area contributed by atoms with Crippen LogP contribution in [0.3, 0.4) is 0 Å². The minimum atomic E-state index is -4.70. The highest BCUT2D eigenvalue weighted by Gasteiger charge is 2.30. The van der Waals surface area contributed by atoms with Gasteiger partial charge in [0.15, 0.2) is 0 Å². The fourth-order valence-corrected chi connectivity index (χ4v) is 2.65. The van der Waals surface area contributed by atoms with Gasteiger partial charge < -0.3 is 20.5 Å². The predicted octanol–water partition coefficient (Wildman–Crippen LogP) is 4.29. The minimum absolute atomic E-state index is 0.209. The summed E-state index contributed by atoms with van der Waals surface area (Å²) in [6, 6.07) is 15.0. The Morgan fingerprint density at radius 2 is 1.79 bits per heavy atom. The van der Waals surface area contributed by atoms with Crippen LogP contribution in [-0.4, -0.2) is 30.0 Å². The van der Waals surface area contributed by atoms with Crippen LogP contribution < -0.4 is 20.5 Å². The number of methoxy groups -OCH3 is 1. The highest BCUT2D eigenvalue weighted by molar-refractivity contribution is 5.66. The summed E-state index contributed by atoms with van der Waals surface area (Å²) in [4.78, 5) is 8.60. The Morgan fingerprint density at radius 3 is 2.45 bits per heavy atom. The molecule has 0 aliphatic heterocycles. The van der Waals surface area contributed by atoms with E-state index < -0.39 is 6.36 Å². The fourth-order valence-electron chi connectivity index (χ4n) is 2.65. The molecule has 152 valence electrons. The van der Waals surface area contributed by atoms with E-state index in [2.05, 4.69) is 20.0 Å². The highest BCUT2D eigenvalue weighted by atomic mass is 19.4. The molecule has 0 atom stereocenters. The second kappa shape index (κ2) is 8.68. The number of nitrogen functional groups attached to an aromatic ring is 1.